The third-order valence-electron chi connectivity index (χ3n) is 2.89. The van der Waals surface area contributed by atoms with Gasteiger partial charge in [-0.1, -0.05) is 0 Å². The van der Waals surface area contributed by atoms with Crippen LogP contribution in [0.4, 0.5) is 4.39 Å². The second kappa shape index (κ2) is 8.38. The summed E-state index contributed by atoms with van der Waals surface area (Å²) >= 11 is 0. The number of aromatic nitrogens is 1. The highest BCUT2D eigenvalue weighted by Crippen LogP contribution is 2.04. The molecule has 0 unspecified atom stereocenters. The van der Waals surface area contributed by atoms with Crippen LogP contribution in [-0.4, -0.2) is 18.4 Å². The van der Waals surface area contributed by atoms with Crippen molar-refractivity contribution in [2.45, 2.75) is 13.5 Å². The zero-order chi connectivity index (χ0) is 15.2. The summed E-state index contributed by atoms with van der Waals surface area (Å²) in [5.41, 5.74) is 0.876. The van der Waals surface area contributed by atoms with Gasteiger partial charge in [0.2, 0.25) is 12.3 Å². The molecule has 0 amide bonds. The lowest BCUT2D eigenvalue weighted by Crippen LogP contribution is -3.00. The van der Waals surface area contributed by atoms with Crippen molar-refractivity contribution in [2.75, 3.05) is 6.61 Å². The number of carbonyl (C=O) groups is 2. The molecule has 0 bridgehead atoms. The molecular weight excluding hydrogens is 353 g/mol. The van der Waals surface area contributed by atoms with E-state index in [2.05, 4.69) is 0 Å². The van der Waals surface area contributed by atoms with Crippen molar-refractivity contribution in [1.29, 1.82) is 0 Å². The molecule has 22 heavy (non-hydrogen) atoms. The number of benzene rings is 1. The lowest BCUT2D eigenvalue weighted by molar-refractivity contribution is -0.683. The molecule has 0 aliphatic carbocycles. The average molecular weight is 368 g/mol. The zero-order valence-corrected chi connectivity index (χ0v) is 13.5. The van der Waals surface area contributed by atoms with Gasteiger partial charge < -0.3 is 21.7 Å². The molecule has 2 aromatic rings. The van der Waals surface area contributed by atoms with Crippen LogP contribution in [0, 0.1) is 5.82 Å². The molecule has 1 heterocycles. The average Bonchev–Trinajstić information content (AvgIpc) is 2.49. The summed E-state index contributed by atoms with van der Waals surface area (Å²) in [7, 11) is 0. The predicted molar refractivity (Wildman–Crippen MR) is 73.3 cm³/mol. The minimum absolute atomic E-state index is 0. The minimum atomic E-state index is -0.394. The van der Waals surface area contributed by atoms with Crippen molar-refractivity contribution in [3.8, 4) is 0 Å². The molecule has 1 aromatic carbocycles. The number of hydrogen-bond donors (Lipinski definition) is 0. The normalized spacial score (nSPS) is 9.73. The third-order valence-corrected chi connectivity index (χ3v) is 2.89. The maximum absolute atomic E-state index is 12.8. The quantitative estimate of drug-likeness (QED) is 0.394. The number of halogens is 2. The van der Waals surface area contributed by atoms with Crippen LogP contribution in [0.1, 0.15) is 27.6 Å². The highest BCUT2D eigenvalue weighted by molar-refractivity contribution is 5.95. The van der Waals surface area contributed by atoms with E-state index >= 15 is 0 Å². The molecule has 0 saturated carbocycles. The van der Waals surface area contributed by atoms with Gasteiger partial charge in [-0.15, -0.1) is 0 Å². The first-order valence-corrected chi connectivity index (χ1v) is 6.55. The van der Waals surface area contributed by atoms with Crippen molar-refractivity contribution in [3.63, 3.8) is 0 Å². The van der Waals surface area contributed by atoms with E-state index in [1.54, 1.807) is 36.0 Å². The summed E-state index contributed by atoms with van der Waals surface area (Å²) in [5.74, 6) is -0.906. The highest BCUT2D eigenvalue weighted by atomic mass is 79.9. The number of hydrogen-bond acceptors (Lipinski definition) is 3. The molecule has 0 N–H and O–H groups in total. The Labute approximate surface area is 138 Å². The maximum Gasteiger partial charge on any atom is 0.338 e. The Morgan fingerprint density at radius 2 is 1.64 bits per heavy atom. The second-order valence-electron chi connectivity index (χ2n) is 4.41. The molecule has 0 aliphatic heterocycles. The van der Waals surface area contributed by atoms with E-state index in [0.717, 1.165) is 0 Å². The number of Topliss-reactive ketones (excluding diaryl/α,β-unsaturated/α-hetero) is 1. The number of pyridine rings is 1. The van der Waals surface area contributed by atoms with E-state index in [1.165, 1.54) is 24.3 Å². The second-order valence-corrected chi connectivity index (χ2v) is 4.41. The van der Waals surface area contributed by atoms with E-state index < -0.39 is 5.97 Å². The van der Waals surface area contributed by atoms with Crippen LogP contribution < -0.4 is 21.5 Å². The van der Waals surface area contributed by atoms with Gasteiger partial charge in [-0.25, -0.2) is 9.18 Å². The van der Waals surface area contributed by atoms with Crippen LogP contribution in [0.5, 0.6) is 0 Å². The molecule has 1 aromatic heterocycles. The van der Waals surface area contributed by atoms with Crippen LogP contribution in [0.3, 0.4) is 0 Å². The van der Waals surface area contributed by atoms with Gasteiger partial charge >= 0.3 is 5.97 Å². The first-order valence-electron chi connectivity index (χ1n) is 6.55. The Morgan fingerprint density at radius 3 is 2.18 bits per heavy atom. The third kappa shape index (κ3) is 4.73. The largest absolute Gasteiger partial charge is 1.00 e. The Morgan fingerprint density at radius 1 is 1.05 bits per heavy atom. The van der Waals surface area contributed by atoms with Gasteiger partial charge in [0.25, 0.3) is 0 Å². The van der Waals surface area contributed by atoms with E-state index in [9.17, 15) is 14.0 Å². The summed E-state index contributed by atoms with van der Waals surface area (Å²) < 4.78 is 19.3. The van der Waals surface area contributed by atoms with Crippen molar-refractivity contribution in [3.05, 3.63) is 65.7 Å². The standard InChI is InChI=1S/C16H15FNO3.BrH/c1-2-21-16(20)13-7-9-18(10-8-13)11-15(19)12-3-5-14(17)6-4-12;/h3-10H,2,11H2,1H3;1H/q+1;/p-1. The van der Waals surface area contributed by atoms with Gasteiger partial charge in [0.05, 0.1) is 12.2 Å². The number of ether oxygens (including phenoxy) is 1. The molecular formula is C16H15BrFNO3. The number of esters is 1. The van der Waals surface area contributed by atoms with Crippen LogP contribution in [0.25, 0.3) is 0 Å². The number of nitrogens with zero attached hydrogens (tertiary/aromatic N) is 1. The Kier molecular flexibility index (Phi) is 6.85. The van der Waals surface area contributed by atoms with Crippen molar-refractivity contribution in [2.24, 2.45) is 0 Å². The molecule has 2 rings (SSSR count). The van der Waals surface area contributed by atoms with E-state index in [0.29, 0.717) is 17.7 Å². The monoisotopic (exact) mass is 367 g/mol. The van der Waals surface area contributed by atoms with Gasteiger partial charge in [-0.05, 0) is 31.2 Å². The lowest BCUT2D eigenvalue weighted by atomic mass is 10.1. The summed E-state index contributed by atoms with van der Waals surface area (Å²) in [5, 5.41) is 0. The summed E-state index contributed by atoms with van der Waals surface area (Å²) in [4.78, 5) is 23.5. The molecule has 6 heteroatoms. The van der Waals surface area contributed by atoms with Gasteiger partial charge in [0.15, 0.2) is 12.4 Å². The van der Waals surface area contributed by atoms with Crippen LogP contribution in [-0.2, 0) is 11.3 Å². The fourth-order valence-corrected chi connectivity index (χ4v) is 1.81. The molecule has 0 aliphatic rings. The number of ketones is 1. The smallest absolute Gasteiger partial charge is 0.338 e. The highest BCUT2D eigenvalue weighted by Gasteiger charge is 2.14. The van der Waals surface area contributed by atoms with Gasteiger partial charge in [0, 0.05) is 17.7 Å². The SMILES string of the molecule is CCOC(=O)c1cc[n+](CC(=O)c2ccc(F)cc2)cc1.[Br-]. The van der Waals surface area contributed by atoms with Crippen molar-refractivity contribution >= 4 is 11.8 Å². The van der Waals surface area contributed by atoms with Gasteiger partial charge in [0.1, 0.15) is 5.82 Å². The van der Waals surface area contributed by atoms with Gasteiger partial charge in [-0.2, -0.15) is 4.57 Å². The predicted octanol–water partition coefficient (Wildman–Crippen LogP) is -0.823. The number of rotatable bonds is 5. The number of carbonyl (C=O) groups excluding carboxylic acids is 2. The van der Waals surface area contributed by atoms with E-state index in [1.807, 2.05) is 0 Å². The van der Waals surface area contributed by atoms with Crippen molar-refractivity contribution in [1.82, 2.24) is 0 Å². The van der Waals surface area contributed by atoms with Gasteiger partial charge in [-0.3, -0.25) is 4.79 Å². The molecule has 0 fully saturated rings. The molecule has 4 nitrogen and oxygen atoms in total. The van der Waals surface area contributed by atoms with Crippen molar-refractivity contribution < 1.29 is 40.3 Å². The first kappa shape index (κ1) is 18.0. The topological polar surface area (TPSA) is 47.2 Å². The summed E-state index contributed by atoms with van der Waals surface area (Å²) in [6, 6.07) is 8.59. The van der Waals surface area contributed by atoms with Crippen LogP contribution >= 0.6 is 0 Å². The molecule has 0 spiro atoms. The van der Waals surface area contributed by atoms with E-state index in [4.69, 9.17) is 4.74 Å². The Balaban J connectivity index is 0.00000242. The molecule has 116 valence electrons. The fraction of sp³-hybridized carbons (Fsp3) is 0.188. The molecule has 0 radical (unpaired) electrons. The van der Waals surface area contributed by atoms with Crippen LogP contribution in [0.2, 0.25) is 0 Å². The minimum Gasteiger partial charge on any atom is -1.00 e. The Bertz CT molecular complexity index is 641. The lowest BCUT2D eigenvalue weighted by Gasteiger charge is -2.01. The van der Waals surface area contributed by atoms with Crippen LogP contribution in [0.15, 0.2) is 48.8 Å². The fourth-order valence-electron chi connectivity index (χ4n) is 1.81. The molecule has 0 saturated heterocycles. The maximum atomic E-state index is 12.8. The van der Waals surface area contributed by atoms with E-state index in [-0.39, 0.29) is 35.1 Å². The first-order chi connectivity index (χ1) is 10.1. The summed E-state index contributed by atoms with van der Waals surface area (Å²) in [6.07, 6.45) is 3.27. The zero-order valence-electron chi connectivity index (χ0n) is 12.0. The summed E-state index contributed by atoms with van der Waals surface area (Å²) in [6.45, 7) is 2.17. The molecule has 0 atom stereocenters. The Hall–Kier alpha value is -2.08.